The van der Waals surface area contributed by atoms with Crippen LogP contribution in [0.2, 0.25) is 0 Å². The van der Waals surface area contributed by atoms with Gasteiger partial charge in [0.25, 0.3) is 0 Å². The highest BCUT2D eigenvalue weighted by Gasteiger charge is 2.06. The molecule has 1 heterocycles. The molecule has 0 bridgehead atoms. The van der Waals surface area contributed by atoms with E-state index in [0.29, 0.717) is 13.0 Å². The predicted molar refractivity (Wildman–Crippen MR) is 64.9 cm³/mol. The Bertz CT molecular complexity index is 365. The van der Waals surface area contributed by atoms with Crippen LogP contribution in [-0.2, 0) is 0 Å². The maximum atomic E-state index is 8.46. The van der Waals surface area contributed by atoms with Gasteiger partial charge in [-0.05, 0) is 26.0 Å². The van der Waals surface area contributed by atoms with E-state index in [-0.39, 0.29) is 5.84 Å². The molecular formula is C11H18N4O. The second kappa shape index (κ2) is 5.95. The fourth-order valence-corrected chi connectivity index (χ4v) is 1.44. The number of nitrogens with zero attached hydrogens (tertiary/aromatic N) is 3. The largest absolute Gasteiger partial charge is 0.409 e. The van der Waals surface area contributed by atoms with Gasteiger partial charge in [-0.2, -0.15) is 0 Å². The number of anilines is 1. The normalized spacial score (nSPS) is 11.5. The van der Waals surface area contributed by atoms with Crippen molar-refractivity contribution < 1.29 is 5.21 Å². The van der Waals surface area contributed by atoms with E-state index in [1.165, 1.54) is 0 Å². The summed E-state index contributed by atoms with van der Waals surface area (Å²) < 4.78 is 0. The first-order valence-corrected chi connectivity index (χ1v) is 5.32. The van der Waals surface area contributed by atoms with Crippen molar-refractivity contribution in [3.8, 4) is 0 Å². The molecule has 0 amide bonds. The minimum Gasteiger partial charge on any atom is -0.409 e. The molecule has 3 N–H and O–H groups in total. The van der Waals surface area contributed by atoms with Crippen molar-refractivity contribution in [2.45, 2.75) is 20.3 Å². The van der Waals surface area contributed by atoms with E-state index in [1.54, 1.807) is 0 Å². The first-order valence-electron chi connectivity index (χ1n) is 5.32. The van der Waals surface area contributed by atoms with Crippen LogP contribution < -0.4 is 10.6 Å². The lowest BCUT2D eigenvalue weighted by atomic mass is 10.3. The Hall–Kier alpha value is -1.78. The molecule has 0 saturated heterocycles. The van der Waals surface area contributed by atoms with Gasteiger partial charge in [0.15, 0.2) is 0 Å². The number of hydrogen-bond donors (Lipinski definition) is 2. The third kappa shape index (κ3) is 3.42. The zero-order valence-electron chi connectivity index (χ0n) is 9.72. The van der Waals surface area contributed by atoms with Crippen molar-refractivity contribution in [1.29, 1.82) is 0 Å². The van der Waals surface area contributed by atoms with Crippen LogP contribution in [0.5, 0.6) is 0 Å². The van der Waals surface area contributed by atoms with Gasteiger partial charge in [-0.3, -0.25) is 0 Å². The second-order valence-corrected chi connectivity index (χ2v) is 3.56. The molecule has 0 aliphatic carbocycles. The average molecular weight is 222 g/mol. The molecule has 1 rings (SSSR count). The molecule has 0 atom stereocenters. The monoisotopic (exact) mass is 222 g/mol. The number of aromatic nitrogens is 1. The highest BCUT2D eigenvalue weighted by molar-refractivity contribution is 5.80. The summed E-state index contributed by atoms with van der Waals surface area (Å²) in [5.74, 6) is 1.17. The second-order valence-electron chi connectivity index (χ2n) is 3.56. The topological polar surface area (TPSA) is 74.7 Å². The van der Waals surface area contributed by atoms with E-state index < -0.39 is 0 Å². The van der Waals surface area contributed by atoms with Crippen molar-refractivity contribution in [2.75, 3.05) is 18.0 Å². The molecule has 0 aromatic carbocycles. The number of aryl methyl sites for hydroxylation is 1. The fraction of sp³-hybridized carbons (Fsp3) is 0.455. The van der Waals surface area contributed by atoms with Gasteiger partial charge in [0.05, 0.1) is 0 Å². The van der Waals surface area contributed by atoms with Crippen molar-refractivity contribution >= 4 is 11.7 Å². The van der Waals surface area contributed by atoms with E-state index in [9.17, 15) is 0 Å². The third-order valence-corrected chi connectivity index (χ3v) is 2.35. The lowest BCUT2D eigenvalue weighted by Gasteiger charge is -2.21. The molecule has 5 nitrogen and oxygen atoms in total. The van der Waals surface area contributed by atoms with Crippen molar-refractivity contribution in [3.63, 3.8) is 0 Å². The number of oxime groups is 1. The molecule has 88 valence electrons. The molecule has 0 spiro atoms. The summed E-state index contributed by atoms with van der Waals surface area (Å²) in [6, 6.07) is 5.90. The molecule has 0 aliphatic heterocycles. The average Bonchev–Trinajstić information content (AvgIpc) is 2.29. The van der Waals surface area contributed by atoms with E-state index in [2.05, 4.69) is 22.0 Å². The van der Waals surface area contributed by atoms with Gasteiger partial charge in [-0.25, -0.2) is 4.98 Å². The summed E-state index contributed by atoms with van der Waals surface area (Å²) in [4.78, 5) is 6.52. The smallest absolute Gasteiger partial charge is 0.140 e. The van der Waals surface area contributed by atoms with Gasteiger partial charge in [0, 0.05) is 25.2 Å². The zero-order chi connectivity index (χ0) is 12.0. The first kappa shape index (κ1) is 12.3. The van der Waals surface area contributed by atoms with Gasteiger partial charge >= 0.3 is 0 Å². The molecule has 1 aromatic rings. The molecule has 0 saturated carbocycles. The Labute approximate surface area is 95.6 Å². The summed E-state index contributed by atoms with van der Waals surface area (Å²) in [5.41, 5.74) is 6.42. The highest BCUT2D eigenvalue weighted by Crippen LogP contribution is 2.11. The number of hydrogen-bond acceptors (Lipinski definition) is 4. The Kier molecular flexibility index (Phi) is 4.57. The third-order valence-electron chi connectivity index (χ3n) is 2.35. The van der Waals surface area contributed by atoms with Crippen LogP contribution in [0.3, 0.4) is 0 Å². The minimum absolute atomic E-state index is 0.242. The maximum absolute atomic E-state index is 8.46. The summed E-state index contributed by atoms with van der Waals surface area (Å²) in [7, 11) is 0. The van der Waals surface area contributed by atoms with Crippen LogP contribution in [0.4, 0.5) is 5.82 Å². The molecule has 16 heavy (non-hydrogen) atoms. The van der Waals surface area contributed by atoms with Crippen molar-refractivity contribution in [2.24, 2.45) is 10.9 Å². The van der Waals surface area contributed by atoms with Crippen LogP contribution in [0, 0.1) is 6.92 Å². The Morgan fingerprint density at radius 1 is 1.56 bits per heavy atom. The fourth-order valence-electron chi connectivity index (χ4n) is 1.44. The molecule has 1 aromatic heterocycles. The molecule has 0 radical (unpaired) electrons. The SMILES string of the molecule is CCN(CCC(N)=NO)c1cccc(C)n1. The predicted octanol–water partition coefficient (Wildman–Crippen LogP) is 1.35. The summed E-state index contributed by atoms with van der Waals surface area (Å²) in [6.45, 7) is 5.55. The zero-order valence-corrected chi connectivity index (χ0v) is 9.72. The Balaban J connectivity index is 2.67. The van der Waals surface area contributed by atoms with E-state index >= 15 is 0 Å². The molecule has 0 fully saturated rings. The van der Waals surface area contributed by atoms with Crippen LogP contribution in [-0.4, -0.2) is 29.1 Å². The quantitative estimate of drug-likeness (QED) is 0.341. The summed E-state index contributed by atoms with van der Waals surface area (Å²) in [5, 5.41) is 11.4. The maximum Gasteiger partial charge on any atom is 0.140 e. The van der Waals surface area contributed by atoms with E-state index in [0.717, 1.165) is 18.1 Å². The number of amidine groups is 1. The van der Waals surface area contributed by atoms with Crippen LogP contribution in [0.25, 0.3) is 0 Å². The number of pyridine rings is 1. The molecular weight excluding hydrogens is 204 g/mol. The van der Waals surface area contributed by atoms with Gasteiger partial charge < -0.3 is 15.8 Å². The Morgan fingerprint density at radius 3 is 2.88 bits per heavy atom. The molecule has 0 unspecified atom stereocenters. The van der Waals surface area contributed by atoms with Gasteiger partial charge in [0.1, 0.15) is 11.7 Å². The highest BCUT2D eigenvalue weighted by atomic mass is 16.4. The lowest BCUT2D eigenvalue weighted by Crippen LogP contribution is -2.28. The number of nitrogens with two attached hydrogens (primary N) is 1. The minimum atomic E-state index is 0.242. The summed E-state index contributed by atoms with van der Waals surface area (Å²) in [6.07, 6.45) is 0.528. The summed E-state index contributed by atoms with van der Waals surface area (Å²) >= 11 is 0. The van der Waals surface area contributed by atoms with Crippen LogP contribution in [0.1, 0.15) is 19.0 Å². The first-order chi connectivity index (χ1) is 7.67. The van der Waals surface area contributed by atoms with E-state index in [4.69, 9.17) is 10.9 Å². The standard InChI is InChI=1S/C11H18N4O/c1-3-15(8-7-10(12)14-16)11-6-4-5-9(2)13-11/h4-6,16H,3,7-8H2,1-2H3,(H2,12,14). The van der Waals surface area contributed by atoms with Crippen molar-refractivity contribution in [1.82, 2.24) is 4.98 Å². The number of rotatable bonds is 5. The lowest BCUT2D eigenvalue weighted by molar-refractivity contribution is 0.317. The van der Waals surface area contributed by atoms with Gasteiger partial charge in [0.2, 0.25) is 0 Å². The Morgan fingerprint density at radius 2 is 2.31 bits per heavy atom. The van der Waals surface area contributed by atoms with Gasteiger partial charge in [-0.1, -0.05) is 11.2 Å². The van der Waals surface area contributed by atoms with Crippen LogP contribution >= 0.6 is 0 Å². The van der Waals surface area contributed by atoms with Gasteiger partial charge in [-0.15, -0.1) is 0 Å². The van der Waals surface area contributed by atoms with Crippen molar-refractivity contribution in [3.05, 3.63) is 23.9 Å². The van der Waals surface area contributed by atoms with E-state index in [1.807, 2.05) is 25.1 Å². The molecule has 5 heteroatoms. The molecule has 0 aliphatic rings. The van der Waals surface area contributed by atoms with Crippen LogP contribution in [0.15, 0.2) is 23.4 Å².